The maximum absolute atomic E-state index is 11.7. The molecule has 2 atom stereocenters. The van der Waals surface area contributed by atoms with Crippen molar-refractivity contribution in [3.05, 3.63) is 0 Å². The van der Waals surface area contributed by atoms with E-state index in [1.807, 2.05) is 27.7 Å². The summed E-state index contributed by atoms with van der Waals surface area (Å²) < 4.78 is 9.84. The second kappa shape index (κ2) is 4.31. The van der Waals surface area contributed by atoms with Crippen molar-refractivity contribution in [1.82, 2.24) is 4.90 Å². The Morgan fingerprint density at radius 2 is 1.88 bits per heavy atom. The van der Waals surface area contributed by atoms with Crippen molar-refractivity contribution in [1.29, 1.82) is 0 Å². The number of rotatable bonds is 1. The van der Waals surface area contributed by atoms with Crippen LogP contribution in [0.1, 0.15) is 27.7 Å². The van der Waals surface area contributed by atoms with E-state index in [1.165, 1.54) is 12.0 Å². The first-order chi connectivity index (χ1) is 7.26. The van der Waals surface area contributed by atoms with Crippen LogP contribution in [0.5, 0.6) is 0 Å². The van der Waals surface area contributed by atoms with Gasteiger partial charge in [-0.15, -0.1) is 0 Å². The van der Waals surface area contributed by atoms with E-state index in [1.54, 1.807) is 0 Å². The van der Waals surface area contributed by atoms with Gasteiger partial charge in [-0.3, -0.25) is 4.79 Å². The summed E-state index contributed by atoms with van der Waals surface area (Å²) in [6, 6.07) is -0.151. The molecular weight excluding hydrogens is 210 g/mol. The van der Waals surface area contributed by atoms with E-state index in [2.05, 4.69) is 4.74 Å². The quantitative estimate of drug-likeness (QED) is 0.638. The van der Waals surface area contributed by atoms with Gasteiger partial charge in [0.15, 0.2) is 0 Å². The molecule has 0 radical (unpaired) electrons. The molecule has 5 nitrogen and oxygen atoms in total. The molecule has 0 aromatic heterocycles. The van der Waals surface area contributed by atoms with E-state index in [0.29, 0.717) is 6.54 Å². The van der Waals surface area contributed by atoms with Crippen LogP contribution < -0.4 is 0 Å². The maximum Gasteiger partial charge on any atom is 0.410 e. The first kappa shape index (κ1) is 12.8. The van der Waals surface area contributed by atoms with E-state index in [-0.39, 0.29) is 24.0 Å². The van der Waals surface area contributed by atoms with E-state index >= 15 is 0 Å². The molecule has 1 amide bonds. The number of ether oxygens (including phenoxy) is 2. The third-order valence-electron chi connectivity index (χ3n) is 2.60. The van der Waals surface area contributed by atoms with Gasteiger partial charge in [0, 0.05) is 12.6 Å². The van der Waals surface area contributed by atoms with Crippen molar-refractivity contribution >= 4 is 12.1 Å². The number of hydrogen-bond donors (Lipinski definition) is 0. The fourth-order valence-corrected chi connectivity index (χ4v) is 1.59. The molecule has 1 aliphatic heterocycles. The molecule has 0 N–H and O–H groups in total. The normalized spacial score (nSPS) is 24.7. The largest absolute Gasteiger partial charge is 0.469 e. The van der Waals surface area contributed by atoms with Crippen molar-refractivity contribution in [2.24, 2.45) is 5.92 Å². The van der Waals surface area contributed by atoms with Crippen LogP contribution in [0.3, 0.4) is 0 Å². The number of carbonyl (C=O) groups excluding carboxylic acids is 2. The molecule has 1 aliphatic rings. The molecule has 1 heterocycles. The van der Waals surface area contributed by atoms with Gasteiger partial charge in [0.2, 0.25) is 0 Å². The topological polar surface area (TPSA) is 55.8 Å². The Morgan fingerprint density at radius 1 is 1.31 bits per heavy atom. The summed E-state index contributed by atoms with van der Waals surface area (Å²) in [5.74, 6) is -0.496. The second-order valence-corrected chi connectivity index (χ2v) is 5.00. The van der Waals surface area contributed by atoms with Gasteiger partial charge in [-0.25, -0.2) is 4.79 Å². The standard InChI is InChI=1S/C11H19NO4/c1-7-8(9(13)15-5)6-12(7)10(14)16-11(2,3)4/h7-8H,6H2,1-5H3/t7-,8+/m0/s1. The molecule has 92 valence electrons. The summed E-state index contributed by atoms with van der Waals surface area (Å²) in [5.41, 5.74) is -0.507. The Hall–Kier alpha value is -1.26. The molecule has 0 unspecified atom stereocenters. The van der Waals surface area contributed by atoms with Gasteiger partial charge in [-0.2, -0.15) is 0 Å². The van der Waals surface area contributed by atoms with Gasteiger partial charge in [-0.1, -0.05) is 0 Å². The van der Waals surface area contributed by atoms with Crippen LogP contribution >= 0.6 is 0 Å². The Bertz CT molecular complexity index is 295. The third kappa shape index (κ3) is 2.65. The fourth-order valence-electron chi connectivity index (χ4n) is 1.59. The first-order valence-corrected chi connectivity index (χ1v) is 5.33. The molecule has 0 spiro atoms. The van der Waals surface area contributed by atoms with E-state index in [4.69, 9.17) is 4.74 Å². The van der Waals surface area contributed by atoms with Crippen molar-refractivity contribution in [3.8, 4) is 0 Å². The fraction of sp³-hybridized carbons (Fsp3) is 0.818. The molecule has 1 saturated heterocycles. The van der Waals surface area contributed by atoms with E-state index in [9.17, 15) is 9.59 Å². The number of amides is 1. The minimum absolute atomic E-state index is 0.151. The molecule has 0 bridgehead atoms. The number of nitrogens with zero attached hydrogens (tertiary/aromatic N) is 1. The molecule has 16 heavy (non-hydrogen) atoms. The highest BCUT2D eigenvalue weighted by molar-refractivity contribution is 5.79. The van der Waals surface area contributed by atoms with E-state index < -0.39 is 5.60 Å². The SMILES string of the molecule is COC(=O)[C@@H]1CN(C(=O)OC(C)(C)C)[C@H]1C. The number of methoxy groups -OCH3 is 1. The minimum Gasteiger partial charge on any atom is -0.469 e. The smallest absolute Gasteiger partial charge is 0.410 e. The zero-order valence-electron chi connectivity index (χ0n) is 10.4. The number of likely N-dealkylation sites (tertiary alicyclic amines) is 1. The lowest BCUT2D eigenvalue weighted by Crippen LogP contribution is -2.60. The van der Waals surface area contributed by atoms with Crippen LogP contribution in [0.15, 0.2) is 0 Å². The van der Waals surface area contributed by atoms with Crippen molar-refractivity contribution in [2.75, 3.05) is 13.7 Å². The van der Waals surface area contributed by atoms with Gasteiger partial charge in [0.1, 0.15) is 5.60 Å². The summed E-state index contributed by atoms with van der Waals surface area (Å²) in [6.07, 6.45) is -0.375. The minimum atomic E-state index is -0.507. The van der Waals surface area contributed by atoms with Crippen LogP contribution in [-0.4, -0.2) is 42.3 Å². The molecular formula is C11H19NO4. The zero-order chi connectivity index (χ0) is 12.5. The summed E-state index contributed by atoms with van der Waals surface area (Å²) in [6.45, 7) is 7.63. The molecule has 1 fully saturated rings. The van der Waals surface area contributed by atoms with Crippen LogP contribution in [0.25, 0.3) is 0 Å². The summed E-state index contributed by atoms with van der Waals surface area (Å²) in [4.78, 5) is 24.5. The average molecular weight is 229 g/mol. The lowest BCUT2D eigenvalue weighted by Gasteiger charge is -2.44. The molecule has 0 aliphatic carbocycles. The predicted molar refractivity (Wildman–Crippen MR) is 57.9 cm³/mol. The molecule has 0 saturated carbocycles. The monoisotopic (exact) mass is 229 g/mol. The van der Waals surface area contributed by atoms with Crippen LogP contribution in [0.4, 0.5) is 4.79 Å². The van der Waals surface area contributed by atoms with Gasteiger partial charge in [-0.05, 0) is 27.7 Å². The number of carbonyl (C=O) groups is 2. The maximum atomic E-state index is 11.7. The Labute approximate surface area is 95.7 Å². The van der Waals surface area contributed by atoms with Crippen LogP contribution in [-0.2, 0) is 14.3 Å². The highest BCUT2D eigenvalue weighted by atomic mass is 16.6. The highest BCUT2D eigenvalue weighted by Crippen LogP contribution is 2.27. The summed E-state index contributed by atoms with van der Waals surface area (Å²) in [7, 11) is 1.35. The van der Waals surface area contributed by atoms with Crippen molar-refractivity contribution in [2.45, 2.75) is 39.3 Å². The summed E-state index contributed by atoms with van der Waals surface area (Å²) >= 11 is 0. The molecule has 0 aromatic rings. The second-order valence-electron chi connectivity index (χ2n) is 5.00. The Balaban J connectivity index is 2.49. The predicted octanol–water partition coefficient (Wildman–Crippen LogP) is 1.41. The van der Waals surface area contributed by atoms with Gasteiger partial charge in [0.25, 0.3) is 0 Å². The third-order valence-corrected chi connectivity index (χ3v) is 2.60. The lowest BCUT2D eigenvalue weighted by molar-refractivity contribution is -0.154. The van der Waals surface area contributed by atoms with Crippen LogP contribution in [0.2, 0.25) is 0 Å². The number of hydrogen-bond acceptors (Lipinski definition) is 4. The first-order valence-electron chi connectivity index (χ1n) is 5.33. The van der Waals surface area contributed by atoms with Crippen LogP contribution in [0, 0.1) is 5.92 Å². The van der Waals surface area contributed by atoms with Crippen molar-refractivity contribution in [3.63, 3.8) is 0 Å². The van der Waals surface area contributed by atoms with Gasteiger partial charge >= 0.3 is 12.1 Å². The Kier molecular flexibility index (Phi) is 3.45. The van der Waals surface area contributed by atoms with Gasteiger partial charge < -0.3 is 14.4 Å². The highest BCUT2D eigenvalue weighted by Gasteiger charge is 2.45. The van der Waals surface area contributed by atoms with Gasteiger partial charge in [0.05, 0.1) is 13.0 Å². The number of esters is 1. The zero-order valence-corrected chi connectivity index (χ0v) is 10.4. The van der Waals surface area contributed by atoms with E-state index in [0.717, 1.165) is 0 Å². The lowest BCUT2D eigenvalue weighted by atomic mass is 9.90. The molecule has 5 heteroatoms. The summed E-state index contributed by atoms with van der Waals surface area (Å²) in [5, 5.41) is 0. The van der Waals surface area contributed by atoms with Crippen molar-refractivity contribution < 1.29 is 19.1 Å². The molecule has 1 rings (SSSR count). The molecule has 0 aromatic carbocycles. The Morgan fingerprint density at radius 3 is 2.25 bits per heavy atom. The average Bonchev–Trinajstić information content (AvgIpc) is 2.12.